The zero-order valence-corrected chi connectivity index (χ0v) is 14.3. The van der Waals surface area contributed by atoms with Gasteiger partial charge in [0.05, 0.1) is 19.5 Å². The van der Waals surface area contributed by atoms with Gasteiger partial charge in [0.25, 0.3) is 5.91 Å². The summed E-state index contributed by atoms with van der Waals surface area (Å²) in [5.74, 6) is 1.08. The lowest BCUT2D eigenvalue weighted by Gasteiger charge is -2.23. The number of nitrogens with one attached hydrogen (secondary N) is 1. The Kier molecular flexibility index (Phi) is 4.51. The molecule has 1 N–H and O–H groups in total. The first-order valence-corrected chi connectivity index (χ1v) is 8.77. The molecule has 1 aromatic heterocycles. The monoisotopic (exact) mass is 356 g/mol. The van der Waals surface area contributed by atoms with Crippen molar-refractivity contribution in [1.82, 2.24) is 4.90 Å². The first-order valence-electron chi connectivity index (χ1n) is 8.77. The van der Waals surface area contributed by atoms with Gasteiger partial charge < -0.3 is 24.1 Å². The third-order valence-corrected chi connectivity index (χ3v) is 4.56. The Labute approximate surface area is 150 Å². The zero-order chi connectivity index (χ0) is 17.9. The number of anilines is 1. The SMILES string of the molecule is O=C(Nc1ccc2c(c1)OCCCO2)[C@@H]1CCCN1C(=O)c1ccco1. The van der Waals surface area contributed by atoms with E-state index in [-0.39, 0.29) is 17.6 Å². The molecule has 0 radical (unpaired) electrons. The molecule has 0 spiro atoms. The Hall–Kier alpha value is -2.96. The summed E-state index contributed by atoms with van der Waals surface area (Å²) in [7, 11) is 0. The van der Waals surface area contributed by atoms with Gasteiger partial charge in [-0.3, -0.25) is 9.59 Å². The van der Waals surface area contributed by atoms with Crippen molar-refractivity contribution < 1.29 is 23.5 Å². The van der Waals surface area contributed by atoms with Crippen LogP contribution in [0.2, 0.25) is 0 Å². The Bertz CT molecular complexity index is 802. The van der Waals surface area contributed by atoms with Crippen LogP contribution in [0.4, 0.5) is 5.69 Å². The molecule has 2 aliphatic rings. The minimum atomic E-state index is -0.511. The second-order valence-corrected chi connectivity index (χ2v) is 6.34. The first-order chi connectivity index (χ1) is 12.7. The van der Waals surface area contributed by atoms with Gasteiger partial charge in [-0.05, 0) is 37.1 Å². The standard InChI is InChI=1S/C19H20N2O5/c22-18(14-4-1-8-21(14)19(23)16-5-2-9-25-16)20-13-6-7-15-17(12-13)26-11-3-10-24-15/h2,5-7,9,12,14H,1,3-4,8,10-11H2,(H,20,22)/t14-/m0/s1. The Morgan fingerprint density at radius 2 is 1.92 bits per heavy atom. The van der Waals surface area contributed by atoms with E-state index in [2.05, 4.69) is 5.32 Å². The molecule has 7 heteroatoms. The van der Waals surface area contributed by atoms with Crippen molar-refractivity contribution in [2.45, 2.75) is 25.3 Å². The molecule has 0 unspecified atom stereocenters. The Morgan fingerprint density at radius 1 is 1.08 bits per heavy atom. The molecule has 2 aliphatic heterocycles. The molecule has 0 bridgehead atoms. The third-order valence-electron chi connectivity index (χ3n) is 4.56. The van der Waals surface area contributed by atoms with Gasteiger partial charge >= 0.3 is 0 Å². The Balaban J connectivity index is 1.47. The van der Waals surface area contributed by atoms with Gasteiger partial charge in [-0.25, -0.2) is 0 Å². The summed E-state index contributed by atoms with van der Waals surface area (Å²) in [6, 6.07) is 8.08. The van der Waals surface area contributed by atoms with E-state index in [1.165, 1.54) is 6.26 Å². The predicted octanol–water partition coefficient (Wildman–Crippen LogP) is 2.68. The van der Waals surface area contributed by atoms with Crippen molar-refractivity contribution in [3.05, 3.63) is 42.4 Å². The van der Waals surface area contributed by atoms with E-state index in [1.54, 1.807) is 35.2 Å². The summed E-state index contributed by atoms with van der Waals surface area (Å²) in [4.78, 5) is 26.8. The van der Waals surface area contributed by atoms with Gasteiger partial charge in [-0.15, -0.1) is 0 Å². The largest absolute Gasteiger partial charge is 0.490 e. The smallest absolute Gasteiger partial charge is 0.290 e. The first kappa shape index (κ1) is 16.5. The van der Waals surface area contributed by atoms with Gasteiger partial charge in [0.2, 0.25) is 5.91 Å². The summed E-state index contributed by atoms with van der Waals surface area (Å²) < 4.78 is 16.4. The number of amides is 2. The lowest BCUT2D eigenvalue weighted by atomic mass is 10.2. The highest BCUT2D eigenvalue weighted by molar-refractivity contribution is 6.00. The van der Waals surface area contributed by atoms with Crippen LogP contribution in [-0.4, -0.2) is 42.5 Å². The summed E-state index contributed by atoms with van der Waals surface area (Å²) in [6.07, 6.45) is 3.69. The van der Waals surface area contributed by atoms with Gasteiger partial charge in [-0.1, -0.05) is 0 Å². The van der Waals surface area contributed by atoms with Crippen LogP contribution in [0.15, 0.2) is 41.0 Å². The summed E-state index contributed by atoms with van der Waals surface area (Å²) >= 11 is 0. The zero-order valence-electron chi connectivity index (χ0n) is 14.3. The molecular weight excluding hydrogens is 336 g/mol. The third kappa shape index (κ3) is 3.24. The minimum Gasteiger partial charge on any atom is -0.490 e. The molecule has 0 aliphatic carbocycles. The average Bonchev–Trinajstić information content (AvgIpc) is 3.29. The van der Waals surface area contributed by atoms with E-state index in [0.29, 0.717) is 43.4 Å². The molecular formula is C19H20N2O5. The number of fused-ring (bicyclic) bond motifs is 1. The molecule has 26 heavy (non-hydrogen) atoms. The van der Waals surface area contributed by atoms with Crippen LogP contribution in [0.1, 0.15) is 29.8 Å². The molecule has 3 heterocycles. The average molecular weight is 356 g/mol. The van der Waals surface area contributed by atoms with Crippen LogP contribution < -0.4 is 14.8 Å². The number of benzene rings is 1. The number of nitrogens with zero attached hydrogens (tertiary/aromatic N) is 1. The number of hydrogen-bond acceptors (Lipinski definition) is 5. The summed E-state index contributed by atoms with van der Waals surface area (Å²) in [5, 5.41) is 2.89. The maximum atomic E-state index is 12.7. The van der Waals surface area contributed by atoms with E-state index in [9.17, 15) is 9.59 Å². The number of hydrogen-bond donors (Lipinski definition) is 1. The molecule has 4 rings (SSSR count). The molecule has 136 valence electrons. The van der Waals surface area contributed by atoms with Crippen molar-refractivity contribution in [3.63, 3.8) is 0 Å². The highest BCUT2D eigenvalue weighted by atomic mass is 16.5. The highest BCUT2D eigenvalue weighted by Crippen LogP contribution is 2.32. The number of ether oxygens (including phenoxy) is 2. The van der Waals surface area contributed by atoms with E-state index < -0.39 is 6.04 Å². The fourth-order valence-electron chi connectivity index (χ4n) is 3.29. The maximum Gasteiger partial charge on any atom is 0.290 e. The number of furan rings is 1. The van der Waals surface area contributed by atoms with Crippen LogP contribution in [0, 0.1) is 0 Å². The molecule has 0 saturated carbocycles. The molecule has 1 saturated heterocycles. The van der Waals surface area contributed by atoms with Crippen molar-refractivity contribution in [2.24, 2.45) is 0 Å². The number of likely N-dealkylation sites (tertiary alicyclic amines) is 1. The van der Waals surface area contributed by atoms with Crippen LogP contribution in [-0.2, 0) is 4.79 Å². The van der Waals surface area contributed by atoms with Gasteiger partial charge in [-0.2, -0.15) is 0 Å². The maximum absolute atomic E-state index is 12.7. The van der Waals surface area contributed by atoms with E-state index in [4.69, 9.17) is 13.9 Å². The molecule has 1 fully saturated rings. The fourth-order valence-corrected chi connectivity index (χ4v) is 3.29. The number of carbonyl (C=O) groups excluding carboxylic acids is 2. The van der Waals surface area contributed by atoms with Crippen molar-refractivity contribution >= 4 is 17.5 Å². The summed E-state index contributed by atoms with van der Waals surface area (Å²) in [6.45, 7) is 1.74. The fraction of sp³-hybridized carbons (Fsp3) is 0.368. The topological polar surface area (TPSA) is 81.0 Å². The van der Waals surface area contributed by atoms with Gasteiger partial charge in [0, 0.05) is 24.7 Å². The molecule has 2 aromatic rings. The van der Waals surface area contributed by atoms with Crippen LogP contribution in [0.5, 0.6) is 11.5 Å². The number of rotatable bonds is 3. The van der Waals surface area contributed by atoms with Crippen molar-refractivity contribution in [1.29, 1.82) is 0 Å². The van der Waals surface area contributed by atoms with E-state index in [0.717, 1.165) is 12.8 Å². The van der Waals surface area contributed by atoms with E-state index in [1.807, 2.05) is 0 Å². The Morgan fingerprint density at radius 3 is 2.73 bits per heavy atom. The van der Waals surface area contributed by atoms with Crippen molar-refractivity contribution in [2.75, 3.05) is 25.1 Å². The number of carbonyl (C=O) groups is 2. The lowest BCUT2D eigenvalue weighted by Crippen LogP contribution is -2.43. The van der Waals surface area contributed by atoms with Gasteiger partial charge in [0.1, 0.15) is 6.04 Å². The molecule has 2 amide bonds. The van der Waals surface area contributed by atoms with Crippen LogP contribution >= 0.6 is 0 Å². The summed E-state index contributed by atoms with van der Waals surface area (Å²) in [5.41, 5.74) is 0.622. The van der Waals surface area contributed by atoms with Crippen molar-refractivity contribution in [3.8, 4) is 11.5 Å². The normalized spacial score (nSPS) is 19.1. The second kappa shape index (κ2) is 7.11. The molecule has 7 nitrogen and oxygen atoms in total. The van der Waals surface area contributed by atoms with E-state index >= 15 is 0 Å². The lowest BCUT2D eigenvalue weighted by molar-refractivity contribution is -0.119. The molecule has 1 aromatic carbocycles. The van der Waals surface area contributed by atoms with Gasteiger partial charge in [0.15, 0.2) is 17.3 Å². The van der Waals surface area contributed by atoms with Crippen LogP contribution in [0.25, 0.3) is 0 Å². The predicted molar refractivity (Wildman–Crippen MR) is 93.4 cm³/mol. The quantitative estimate of drug-likeness (QED) is 0.914. The van der Waals surface area contributed by atoms with Crippen LogP contribution in [0.3, 0.4) is 0 Å². The molecule has 1 atom stereocenters. The minimum absolute atomic E-state index is 0.211. The highest BCUT2D eigenvalue weighted by Gasteiger charge is 2.35. The second-order valence-electron chi connectivity index (χ2n) is 6.34.